The summed E-state index contributed by atoms with van der Waals surface area (Å²) in [5, 5.41) is 9.25. The number of nitrogens with two attached hydrogens (primary N) is 1. The Bertz CT molecular complexity index is 536. The highest BCUT2D eigenvalue weighted by molar-refractivity contribution is 7.91. The lowest BCUT2D eigenvalue weighted by Crippen LogP contribution is -2.42. The molecule has 120 valence electrons. The first-order valence-electron chi connectivity index (χ1n) is 7.51. The van der Waals surface area contributed by atoms with E-state index in [2.05, 4.69) is 0 Å². The lowest BCUT2D eigenvalue weighted by molar-refractivity contribution is 0.199. The summed E-state index contributed by atoms with van der Waals surface area (Å²) < 4.78 is 27.5. The van der Waals surface area contributed by atoms with Crippen LogP contribution < -0.4 is 5.73 Å². The average molecular weight is 332 g/mol. The summed E-state index contributed by atoms with van der Waals surface area (Å²) in [7, 11) is -3.51. The Morgan fingerprint density at radius 1 is 1.29 bits per heavy atom. The maximum absolute atomic E-state index is 12.8. The van der Waals surface area contributed by atoms with E-state index >= 15 is 0 Å². The molecule has 0 radical (unpaired) electrons. The standard InChI is InChI=1S/C14H24N2O3S2/c15-9-8-13-6-7-14(20-13)21(18,19)16(10-11-17)12-4-2-1-3-5-12/h6-7,12,17H,1-5,8-11,15H2. The van der Waals surface area contributed by atoms with E-state index in [-0.39, 0.29) is 19.2 Å². The molecule has 1 saturated carbocycles. The first kappa shape index (κ1) is 16.9. The zero-order valence-electron chi connectivity index (χ0n) is 12.2. The van der Waals surface area contributed by atoms with Gasteiger partial charge in [0.2, 0.25) is 0 Å². The number of hydrogen-bond donors (Lipinski definition) is 2. The molecule has 2 rings (SSSR count). The van der Waals surface area contributed by atoms with Crippen molar-refractivity contribution in [3.05, 3.63) is 17.0 Å². The van der Waals surface area contributed by atoms with Gasteiger partial charge < -0.3 is 10.8 Å². The zero-order valence-corrected chi connectivity index (χ0v) is 13.8. The van der Waals surface area contributed by atoms with Crippen LogP contribution >= 0.6 is 11.3 Å². The van der Waals surface area contributed by atoms with Crippen molar-refractivity contribution in [1.29, 1.82) is 0 Å². The lowest BCUT2D eigenvalue weighted by Gasteiger charge is -2.32. The minimum Gasteiger partial charge on any atom is -0.395 e. The largest absolute Gasteiger partial charge is 0.395 e. The fraction of sp³-hybridized carbons (Fsp3) is 0.714. The summed E-state index contributed by atoms with van der Waals surface area (Å²) >= 11 is 1.29. The molecule has 0 saturated heterocycles. The molecule has 0 unspecified atom stereocenters. The molecule has 1 aromatic rings. The van der Waals surface area contributed by atoms with E-state index in [4.69, 9.17) is 5.73 Å². The second-order valence-corrected chi connectivity index (χ2v) is 8.68. The Kier molecular flexibility index (Phi) is 6.19. The van der Waals surface area contributed by atoms with Gasteiger partial charge in [-0.25, -0.2) is 8.42 Å². The molecule has 0 aromatic carbocycles. The van der Waals surface area contributed by atoms with Crippen LogP contribution in [0.15, 0.2) is 16.3 Å². The summed E-state index contributed by atoms with van der Waals surface area (Å²) in [6.45, 7) is 0.552. The highest BCUT2D eigenvalue weighted by atomic mass is 32.2. The lowest BCUT2D eigenvalue weighted by atomic mass is 9.95. The van der Waals surface area contributed by atoms with Crippen LogP contribution in [0, 0.1) is 0 Å². The molecular weight excluding hydrogens is 308 g/mol. The number of aliphatic hydroxyl groups is 1. The fourth-order valence-corrected chi connectivity index (χ4v) is 6.03. The van der Waals surface area contributed by atoms with Crippen molar-refractivity contribution < 1.29 is 13.5 Å². The van der Waals surface area contributed by atoms with Gasteiger partial charge in [0, 0.05) is 17.5 Å². The molecule has 1 aromatic heterocycles. The van der Waals surface area contributed by atoms with E-state index < -0.39 is 10.0 Å². The molecule has 1 aliphatic carbocycles. The van der Waals surface area contributed by atoms with Crippen LogP contribution in [0.25, 0.3) is 0 Å². The van der Waals surface area contributed by atoms with Crippen LogP contribution in [0.1, 0.15) is 37.0 Å². The van der Waals surface area contributed by atoms with Crippen LogP contribution in [-0.4, -0.2) is 43.6 Å². The molecular formula is C14H24N2O3S2. The van der Waals surface area contributed by atoms with Gasteiger partial charge in [0.1, 0.15) is 4.21 Å². The van der Waals surface area contributed by atoms with E-state index in [1.165, 1.54) is 22.1 Å². The minimum absolute atomic E-state index is 0.0240. The molecule has 5 nitrogen and oxygen atoms in total. The van der Waals surface area contributed by atoms with Gasteiger partial charge in [-0.1, -0.05) is 19.3 Å². The molecule has 21 heavy (non-hydrogen) atoms. The first-order chi connectivity index (χ1) is 10.1. The van der Waals surface area contributed by atoms with Crippen LogP contribution in [0.5, 0.6) is 0 Å². The fourth-order valence-electron chi connectivity index (χ4n) is 2.86. The van der Waals surface area contributed by atoms with Gasteiger partial charge in [-0.15, -0.1) is 11.3 Å². The van der Waals surface area contributed by atoms with Crippen molar-refractivity contribution in [1.82, 2.24) is 4.31 Å². The number of hydrogen-bond acceptors (Lipinski definition) is 5. The topological polar surface area (TPSA) is 83.6 Å². The Morgan fingerprint density at radius 2 is 2.00 bits per heavy atom. The van der Waals surface area contributed by atoms with Gasteiger partial charge >= 0.3 is 0 Å². The van der Waals surface area contributed by atoms with Gasteiger partial charge in [0.25, 0.3) is 10.0 Å². The number of sulfonamides is 1. The third-order valence-electron chi connectivity index (χ3n) is 3.89. The van der Waals surface area contributed by atoms with Crippen molar-refractivity contribution in [2.45, 2.75) is 48.8 Å². The molecule has 7 heteroatoms. The number of aliphatic hydroxyl groups excluding tert-OH is 1. The quantitative estimate of drug-likeness (QED) is 0.794. The van der Waals surface area contributed by atoms with Crippen LogP contribution in [0.3, 0.4) is 0 Å². The van der Waals surface area contributed by atoms with Crippen LogP contribution in [-0.2, 0) is 16.4 Å². The molecule has 1 fully saturated rings. The summed E-state index contributed by atoms with van der Waals surface area (Å²) in [6, 6.07) is 3.52. The number of thiophene rings is 1. The van der Waals surface area contributed by atoms with Crippen LogP contribution in [0.2, 0.25) is 0 Å². The summed E-state index contributed by atoms with van der Waals surface area (Å²) in [4.78, 5) is 0.990. The Morgan fingerprint density at radius 3 is 2.62 bits per heavy atom. The molecule has 0 spiro atoms. The maximum Gasteiger partial charge on any atom is 0.252 e. The predicted molar refractivity (Wildman–Crippen MR) is 84.9 cm³/mol. The maximum atomic E-state index is 12.8. The molecule has 0 atom stereocenters. The zero-order chi connectivity index (χ0) is 15.3. The van der Waals surface area contributed by atoms with Crippen molar-refractivity contribution in [2.24, 2.45) is 5.73 Å². The second kappa shape index (κ2) is 7.69. The average Bonchev–Trinajstić information content (AvgIpc) is 2.95. The summed E-state index contributed by atoms with van der Waals surface area (Å²) in [6.07, 6.45) is 5.77. The SMILES string of the molecule is NCCc1ccc(S(=O)(=O)N(CCO)C2CCCCC2)s1. The van der Waals surface area contributed by atoms with Gasteiger partial charge in [0.15, 0.2) is 0 Å². The Balaban J connectivity index is 2.23. The van der Waals surface area contributed by atoms with E-state index in [0.717, 1.165) is 30.6 Å². The third-order valence-corrected chi connectivity index (χ3v) is 7.46. The van der Waals surface area contributed by atoms with Crippen molar-refractivity contribution in [3.63, 3.8) is 0 Å². The van der Waals surface area contributed by atoms with E-state index in [1.54, 1.807) is 6.07 Å². The third kappa shape index (κ3) is 4.04. The second-order valence-electron chi connectivity index (χ2n) is 5.39. The van der Waals surface area contributed by atoms with E-state index in [9.17, 15) is 13.5 Å². The normalized spacial score (nSPS) is 17.5. The Hall–Kier alpha value is -0.470. The highest BCUT2D eigenvalue weighted by Gasteiger charge is 2.32. The molecule has 0 amide bonds. The molecule has 0 aliphatic heterocycles. The van der Waals surface area contributed by atoms with Crippen molar-refractivity contribution in [2.75, 3.05) is 19.7 Å². The molecule has 0 bridgehead atoms. The number of nitrogens with zero attached hydrogens (tertiary/aromatic N) is 1. The van der Waals surface area contributed by atoms with Crippen molar-refractivity contribution in [3.8, 4) is 0 Å². The van der Waals surface area contributed by atoms with Crippen molar-refractivity contribution >= 4 is 21.4 Å². The molecule has 1 heterocycles. The van der Waals surface area contributed by atoms with E-state index in [0.29, 0.717) is 17.2 Å². The first-order valence-corrected chi connectivity index (χ1v) is 9.76. The smallest absolute Gasteiger partial charge is 0.252 e. The number of rotatable bonds is 7. The van der Waals surface area contributed by atoms with E-state index in [1.807, 2.05) is 6.07 Å². The highest BCUT2D eigenvalue weighted by Crippen LogP contribution is 2.30. The van der Waals surface area contributed by atoms with Gasteiger partial charge in [-0.3, -0.25) is 0 Å². The van der Waals surface area contributed by atoms with Gasteiger partial charge in [-0.05, 0) is 37.9 Å². The molecule has 3 N–H and O–H groups in total. The van der Waals surface area contributed by atoms with Gasteiger partial charge in [0.05, 0.1) is 6.61 Å². The summed E-state index contributed by atoms with van der Waals surface area (Å²) in [5.41, 5.74) is 5.52. The molecule has 1 aliphatic rings. The summed E-state index contributed by atoms with van der Waals surface area (Å²) in [5.74, 6) is 0. The van der Waals surface area contributed by atoms with Gasteiger partial charge in [-0.2, -0.15) is 4.31 Å². The minimum atomic E-state index is -3.51. The van der Waals surface area contributed by atoms with Crippen LogP contribution in [0.4, 0.5) is 0 Å². The Labute approximate surface area is 130 Å². The monoisotopic (exact) mass is 332 g/mol. The predicted octanol–water partition coefficient (Wildman–Crippen LogP) is 1.56.